The second kappa shape index (κ2) is 5.79. The lowest BCUT2D eigenvalue weighted by molar-refractivity contribution is 0.198. The van der Waals surface area contributed by atoms with E-state index in [4.69, 9.17) is 16.3 Å². The van der Waals surface area contributed by atoms with E-state index in [0.717, 1.165) is 25.6 Å². The molecule has 1 N–H and O–H groups in total. The van der Waals surface area contributed by atoms with Crippen molar-refractivity contribution in [3.8, 4) is 0 Å². The van der Waals surface area contributed by atoms with Gasteiger partial charge in [-0.15, -0.1) is 11.6 Å². The van der Waals surface area contributed by atoms with E-state index < -0.39 is 0 Å². The highest BCUT2D eigenvalue weighted by Crippen LogP contribution is 2.28. The standard InChI is InChI=1S/C9H18ClNO/c1-12-5-4-11-7-8-2-3-9(10)6-8/h8-9,11H,2-7H2,1H3. The van der Waals surface area contributed by atoms with E-state index in [2.05, 4.69) is 5.32 Å². The van der Waals surface area contributed by atoms with Crippen LogP contribution in [0.1, 0.15) is 19.3 Å². The van der Waals surface area contributed by atoms with Gasteiger partial charge in [0.2, 0.25) is 0 Å². The molecule has 0 saturated heterocycles. The third-order valence-electron chi connectivity index (χ3n) is 2.39. The fourth-order valence-electron chi connectivity index (χ4n) is 1.68. The number of alkyl halides is 1. The molecule has 1 aliphatic rings. The molecule has 1 rings (SSSR count). The molecule has 72 valence electrons. The molecule has 0 aromatic rings. The molecule has 2 unspecified atom stereocenters. The summed E-state index contributed by atoms with van der Waals surface area (Å²) in [7, 11) is 1.73. The summed E-state index contributed by atoms with van der Waals surface area (Å²) in [5, 5.41) is 3.79. The normalized spacial score (nSPS) is 29.5. The summed E-state index contributed by atoms with van der Waals surface area (Å²) in [6, 6.07) is 0. The largest absolute Gasteiger partial charge is 0.383 e. The SMILES string of the molecule is COCCNCC1CCC(Cl)C1. The van der Waals surface area contributed by atoms with Gasteiger partial charge in [0.15, 0.2) is 0 Å². The van der Waals surface area contributed by atoms with Gasteiger partial charge in [0.25, 0.3) is 0 Å². The maximum absolute atomic E-state index is 5.99. The zero-order valence-corrected chi connectivity index (χ0v) is 8.44. The molecule has 0 spiro atoms. The first-order valence-electron chi connectivity index (χ1n) is 4.66. The van der Waals surface area contributed by atoms with Crippen LogP contribution in [0.15, 0.2) is 0 Å². The smallest absolute Gasteiger partial charge is 0.0587 e. The van der Waals surface area contributed by atoms with Crippen molar-refractivity contribution in [1.29, 1.82) is 0 Å². The van der Waals surface area contributed by atoms with Gasteiger partial charge in [0.05, 0.1) is 6.61 Å². The lowest BCUT2D eigenvalue weighted by Gasteiger charge is -2.09. The Labute approximate surface area is 79.6 Å². The van der Waals surface area contributed by atoms with Crippen LogP contribution in [0.25, 0.3) is 0 Å². The van der Waals surface area contributed by atoms with Crippen LogP contribution in [0.3, 0.4) is 0 Å². The van der Waals surface area contributed by atoms with Gasteiger partial charge in [-0.05, 0) is 31.7 Å². The van der Waals surface area contributed by atoms with Crippen LogP contribution in [0.5, 0.6) is 0 Å². The highest BCUT2D eigenvalue weighted by atomic mass is 35.5. The summed E-state index contributed by atoms with van der Waals surface area (Å²) < 4.78 is 4.94. The molecule has 1 saturated carbocycles. The van der Waals surface area contributed by atoms with E-state index in [0.29, 0.717) is 5.38 Å². The van der Waals surface area contributed by atoms with E-state index in [1.165, 1.54) is 19.3 Å². The van der Waals surface area contributed by atoms with Crippen LogP contribution in [-0.2, 0) is 4.74 Å². The molecular formula is C9H18ClNO. The first-order chi connectivity index (χ1) is 5.83. The van der Waals surface area contributed by atoms with E-state index in [9.17, 15) is 0 Å². The second-order valence-corrected chi connectivity index (χ2v) is 4.09. The Morgan fingerprint density at radius 2 is 2.33 bits per heavy atom. The molecule has 0 heterocycles. The number of hydrogen-bond donors (Lipinski definition) is 1. The quantitative estimate of drug-likeness (QED) is 0.527. The molecule has 0 bridgehead atoms. The Morgan fingerprint density at radius 3 is 2.92 bits per heavy atom. The minimum absolute atomic E-state index is 0.430. The van der Waals surface area contributed by atoms with Gasteiger partial charge in [-0.25, -0.2) is 0 Å². The first kappa shape index (κ1) is 10.3. The molecule has 0 radical (unpaired) electrons. The molecule has 0 aliphatic heterocycles. The Morgan fingerprint density at radius 1 is 1.50 bits per heavy atom. The van der Waals surface area contributed by atoms with Crippen LogP contribution in [-0.4, -0.2) is 32.2 Å². The van der Waals surface area contributed by atoms with Crippen molar-refractivity contribution in [2.24, 2.45) is 5.92 Å². The van der Waals surface area contributed by atoms with Crippen LogP contribution in [0.4, 0.5) is 0 Å². The van der Waals surface area contributed by atoms with Crippen molar-refractivity contribution in [3.05, 3.63) is 0 Å². The summed E-state index contributed by atoms with van der Waals surface area (Å²) >= 11 is 5.99. The number of ether oxygens (including phenoxy) is 1. The lowest BCUT2D eigenvalue weighted by atomic mass is 10.1. The Hall–Kier alpha value is 0.210. The Balaban J connectivity index is 1.93. The highest BCUT2D eigenvalue weighted by Gasteiger charge is 2.21. The number of halogens is 1. The Kier molecular flexibility index (Phi) is 4.96. The summed E-state index contributed by atoms with van der Waals surface area (Å²) in [5.41, 5.74) is 0. The molecule has 2 atom stereocenters. The first-order valence-corrected chi connectivity index (χ1v) is 5.10. The van der Waals surface area contributed by atoms with E-state index in [1.54, 1.807) is 7.11 Å². The highest BCUT2D eigenvalue weighted by molar-refractivity contribution is 6.20. The zero-order valence-electron chi connectivity index (χ0n) is 7.68. The average molecular weight is 192 g/mol. The van der Waals surface area contributed by atoms with Crippen LogP contribution in [0.2, 0.25) is 0 Å². The molecule has 0 aromatic heterocycles. The third-order valence-corrected chi connectivity index (χ3v) is 2.79. The topological polar surface area (TPSA) is 21.3 Å². The molecule has 12 heavy (non-hydrogen) atoms. The summed E-state index contributed by atoms with van der Waals surface area (Å²) in [6.07, 6.45) is 3.66. The van der Waals surface area contributed by atoms with Crippen molar-refractivity contribution in [3.63, 3.8) is 0 Å². The third kappa shape index (κ3) is 3.74. The minimum Gasteiger partial charge on any atom is -0.383 e. The fraction of sp³-hybridized carbons (Fsp3) is 1.00. The van der Waals surface area contributed by atoms with Crippen LogP contribution in [0, 0.1) is 5.92 Å². The lowest BCUT2D eigenvalue weighted by Crippen LogP contribution is -2.25. The van der Waals surface area contributed by atoms with Gasteiger partial charge >= 0.3 is 0 Å². The Bertz CT molecular complexity index is 121. The summed E-state index contributed by atoms with van der Waals surface area (Å²) in [5.74, 6) is 0.796. The van der Waals surface area contributed by atoms with Gasteiger partial charge in [-0.3, -0.25) is 0 Å². The molecule has 2 nitrogen and oxygen atoms in total. The summed E-state index contributed by atoms with van der Waals surface area (Å²) in [6.45, 7) is 2.86. The number of methoxy groups -OCH3 is 1. The van der Waals surface area contributed by atoms with Crippen LogP contribution < -0.4 is 5.32 Å². The zero-order chi connectivity index (χ0) is 8.81. The van der Waals surface area contributed by atoms with Gasteiger partial charge < -0.3 is 10.1 Å². The van der Waals surface area contributed by atoms with E-state index in [1.807, 2.05) is 0 Å². The van der Waals surface area contributed by atoms with E-state index >= 15 is 0 Å². The molecule has 0 amide bonds. The predicted octanol–water partition coefficient (Wildman–Crippen LogP) is 1.63. The van der Waals surface area contributed by atoms with Gasteiger partial charge in [-0.1, -0.05) is 0 Å². The van der Waals surface area contributed by atoms with Gasteiger partial charge in [0.1, 0.15) is 0 Å². The number of rotatable bonds is 5. The maximum Gasteiger partial charge on any atom is 0.0587 e. The molecule has 1 fully saturated rings. The van der Waals surface area contributed by atoms with Gasteiger partial charge in [-0.2, -0.15) is 0 Å². The van der Waals surface area contributed by atoms with Crippen molar-refractivity contribution >= 4 is 11.6 Å². The number of hydrogen-bond acceptors (Lipinski definition) is 2. The van der Waals surface area contributed by atoms with Crippen molar-refractivity contribution in [2.75, 3.05) is 26.8 Å². The summed E-state index contributed by atoms with van der Waals surface area (Å²) in [4.78, 5) is 0. The van der Waals surface area contributed by atoms with Crippen molar-refractivity contribution < 1.29 is 4.74 Å². The molecule has 0 aromatic carbocycles. The number of nitrogens with one attached hydrogen (secondary N) is 1. The second-order valence-electron chi connectivity index (χ2n) is 3.47. The predicted molar refractivity (Wildman–Crippen MR) is 51.7 cm³/mol. The van der Waals surface area contributed by atoms with Crippen LogP contribution >= 0.6 is 11.6 Å². The average Bonchev–Trinajstić information content (AvgIpc) is 2.45. The minimum atomic E-state index is 0.430. The van der Waals surface area contributed by atoms with Crippen molar-refractivity contribution in [1.82, 2.24) is 5.32 Å². The van der Waals surface area contributed by atoms with Crippen molar-refractivity contribution in [2.45, 2.75) is 24.6 Å². The molecule has 1 aliphatic carbocycles. The monoisotopic (exact) mass is 191 g/mol. The molecule has 3 heteroatoms. The molecular weight excluding hydrogens is 174 g/mol. The van der Waals surface area contributed by atoms with E-state index in [-0.39, 0.29) is 0 Å². The maximum atomic E-state index is 5.99. The van der Waals surface area contributed by atoms with Gasteiger partial charge in [0, 0.05) is 19.0 Å². The fourth-order valence-corrected chi connectivity index (χ4v) is 2.06.